The number of likely N-dealkylation sites (N-methyl/N-ethyl adjacent to an activating group) is 1. The first-order valence-electron chi connectivity index (χ1n) is 4.87. The van der Waals surface area contributed by atoms with Crippen molar-refractivity contribution < 1.29 is 22.8 Å². The van der Waals surface area contributed by atoms with Gasteiger partial charge in [-0.05, 0) is 0 Å². The molecule has 0 fully saturated rings. The van der Waals surface area contributed by atoms with Crippen molar-refractivity contribution >= 4 is 11.8 Å². The van der Waals surface area contributed by atoms with Gasteiger partial charge in [0.05, 0.1) is 18.3 Å². The van der Waals surface area contributed by atoms with Crippen LogP contribution >= 0.6 is 0 Å². The minimum absolute atomic E-state index is 0.223. The molecule has 1 aromatic rings. The van der Waals surface area contributed by atoms with Gasteiger partial charge in [0.1, 0.15) is 6.54 Å². The molecule has 1 heterocycles. The summed E-state index contributed by atoms with van der Waals surface area (Å²) < 4.78 is 35.5. The number of H-pyrrole nitrogens is 1. The second-order valence-corrected chi connectivity index (χ2v) is 3.54. The van der Waals surface area contributed by atoms with Crippen LogP contribution < -0.4 is 5.32 Å². The molecule has 1 aromatic heterocycles. The number of amides is 2. The van der Waals surface area contributed by atoms with Gasteiger partial charge >= 0.3 is 6.18 Å². The van der Waals surface area contributed by atoms with E-state index in [-0.39, 0.29) is 5.56 Å². The van der Waals surface area contributed by atoms with Crippen LogP contribution in [-0.4, -0.2) is 53.2 Å². The molecule has 0 aliphatic heterocycles. The van der Waals surface area contributed by atoms with E-state index in [9.17, 15) is 22.8 Å². The molecule has 0 radical (unpaired) electrons. The third-order valence-corrected chi connectivity index (χ3v) is 1.96. The molecule has 0 aliphatic carbocycles. The van der Waals surface area contributed by atoms with E-state index in [1.807, 2.05) is 0 Å². The second kappa shape index (κ2) is 5.52. The van der Waals surface area contributed by atoms with E-state index in [4.69, 9.17) is 0 Å². The normalized spacial score (nSPS) is 11.1. The van der Waals surface area contributed by atoms with E-state index in [0.717, 1.165) is 4.90 Å². The van der Waals surface area contributed by atoms with Crippen molar-refractivity contribution in [2.75, 3.05) is 20.1 Å². The maximum Gasteiger partial charge on any atom is 0.405 e. The predicted molar refractivity (Wildman–Crippen MR) is 54.6 cm³/mol. The molecule has 2 N–H and O–H groups in total. The smallest absolute Gasteiger partial charge is 0.345 e. The lowest BCUT2D eigenvalue weighted by atomic mass is 10.3. The van der Waals surface area contributed by atoms with Gasteiger partial charge in [0.15, 0.2) is 0 Å². The average Bonchev–Trinajstić information content (AvgIpc) is 2.77. The highest BCUT2D eigenvalue weighted by atomic mass is 19.4. The summed E-state index contributed by atoms with van der Waals surface area (Å²) in [4.78, 5) is 23.7. The Morgan fingerprint density at radius 2 is 2.17 bits per heavy atom. The highest BCUT2D eigenvalue weighted by molar-refractivity contribution is 5.95. The fourth-order valence-corrected chi connectivity index (χ4v) is 1.13. The van der Waals surface area contributed by atoms with Crippen LogP contribution in [0.5, 0.6) is 0 Å². The molecule has 0 atom stereocenters. The Balaban J connectivity index is 2.43. The van der Waals surface area contributed by atoms with Crippen LogP contribution in [0.4, 0.5) is 13.2 Å². The summed E-state index contributed by atoms with van der Waals surface area (Å²) in [5.74, 6) is -1.39. The van der Waals surface area contributed by atoms with Crippen LogP contribution in [0.2, 0.25) is 0 Å². The lowest BCUT2D eigenvalue weighted by Crippen LogP contribution is -2.41. The number of halogens is 3. The third-order valence-electron chi connectivity index (χ3n) is 1.96. The zero-order valence-corrected chi connectivity index (χ0v) is 9.41. The van der Waals surface area contributed by atoms with Crippen molar-refractivity contribution in [3.05, 3.63) is 18.0 Å². The number of alkyl halides is 3. The molecule has 1 rings (SSSR count). The molecule has 0 saturated heterocycles. The van der Waals surface area contributed by atoms with Crippen molar-refractivity contribution in [2.45, 2.75) is 6.18 Å². The topological polar surface area (TPSA) is 78.1 Å². The molecule has 6 nitrogen and oxygen atoms in total. The lowest BCUT2D eigenvalue weighted by molar-refractivity contribution is -0.138. The Morgan fingerprint density at radius 1 is 1.50 bits per heavy atom. The summed E-state index contributed by atoms with van der Waals surface area (Å²) in [6, 6.07) is 0. The van der Waals surface area contributed by atoms with Crippen LogP contribution in [0.3, 0.4) is 0 Å². The van der Waals surface area contributed by atoms with Crippen molar-refractivity contribution in [2.24, 2.45) is 0 Å². The number of nitrogens with one attached hydrogen (secondary N) is 2. The predicted octanol–water partition coefficient (Wildman–Crippen LogP) is 0.160. The van der Waals surface area contributed by atoms with E-state index >= 15 is 0 Å². The van der Waals surface area contributed by atoms with E-state index in [2.05, 4.69) is 10.2 Å². The Labute approximate surface area is 100 Å². The molecule has 2 amide bonds. The minimum atomic E-state index is -4.47. The lowest BCUT2D eigenvalue weighted by Gasteiger charge is -2.16. The van der Waals surface area contributed by atoms with Gasteiger partial charge in [-0.15, -0.1) is 0 Å². The maximum absolute atomic E-state index is 11.8. The van der Waals surface area contributed by atoms with Gasteiger partial charge in [-0.1, -0.05) is 0 Å². The highest BCUT2D eigenvalue weighted by Crippen LogP contribution is 2.12. The van der Waals surface area contributed by atoms with E-state index in [0.29, 0.717) is 0 Å². The number of hydrogen-bond donors (Lipinski definition) is 2. The molecule has 100 valence electrons. The van der Waals surface area contributed by atoms with Gasteiger partial charge < -0.3 is 10.2 Å². The maximum atomic E-state index is 11.8. The second-order valence-electron chi connectivity index (χ2n) is 3.54. The summed E-state index contributed by atoms with van der Waals surface area (Å²) in [6.45, 7) is -1.88. The van der Waals surface area contributed by atoms with Crippen molar-refractivity contribution in [3.63, 3.8) is 0 Å². The van der Waals surface area contributed by atoms with Crippen molar-refractivity contribution in [1.29, 1.82) is 0 Å². The van der Waals surface area contributed by atoms with Gasteiger partial charge in [0.25, 0.3) is 5.91 Å². The molecule has 0 spiro atoms. The number of rotatable bonds is 4. The van der Waals surface area contributed by atoms with Crippen molar-refractivity contribution in [1.82, 2.24) is 20.4 Å². The molecule has 9 heteroatoms. The monoisotopic (exact) mass is 264 g/mol. The molecular formula is C9H11F3N4O2. The Hall–Kier alpha value is -2.06. The third kappa shape index (κ3) is 4.44. The van der Waals surface area contributed by atoms with Gasteiger partial charge in [-0.2, -0.15) is 18.3 Å². The number of carbonyl (C=O) groups excluding carboxylic acids is 2. The van der Waals surface area contributed by atoms with Crippen LogP contribution in [0.25, 0.3) is 0 Å². The number of hydrogen-bond acceptors (Lipinski definition) is 3. The first-order valence-corrected chi connectivity index (χ1v) is 4.87. The largest absolute Gasteiger partial charge is 0.405 e. The Morgan fingerprint density at radius 3 is 2.67 bits per heavy atom. The zero-order valence-electron chi connectivity index (χ0n) is 9.41. The molecule has 18 heavy (non-hydrogen) atoms. The molecule has 0 saturated carbocycles. The van der Waals surface area contributed by atoms with Gasteiger partial charge in [-0.3, -0.25) is 14.7 Å². The Kier molecular flexibility index (Phi) is 4.29. The van der Waals surface area contributed by atoms with Crippen molar-refractivity contribution in [3.8, 4) is 0 Å². The number of carbonyl (C=O) groups is 2. The van der Waals surface area contributed by atoms with Gasteiger partial charge in [-0.25, -0.2) is 0 Å². The summed E-state index contributed by atoms with van der Waals surface area (Å²) in [5.41, 5.74) is 0.223. The number of aromatic amines is 1. The first-order chi connectivity index (χ1) is 8.29. The van der Waals surface area contributed by atoms with E-state index < -0.39 is 31.1 Å². The Bertz CT molecular complexity index is 416. The summed E-state index contributed by atoms with van der Waals surface area (Å²) in [6.07, 6.45) is -1.89. The standard InChI is InChI=1S/C9H11F3N4O2/c1-16(8(18)6-2-14-15-3-6)4-7(17)13-5-9(10,11)12/h2-3H,4-5H2,1H3,(H,13,17)(H,14,15). The van der Waals surface area contributed by atoms with Gasteiger partial charge in [0.2, 0.25) is 5.91 Å². The zero-order chi connectivity index (χ0) is 13.8. The molecule has 0 aliphatic rings. The van der Waals surface area contributed by atoms with E-state index in [1.165, 1.54) is 19.4 Å². The molecule has 0 aromatic carbocycles. The SMILES string of the molecule is CN(CC(=O)NCC(F)(F)F)C(=O)c1cn[nH]c1. The fourth-order valence-electron chi connectivity index (χ4n) is 1.13. The van der Waals surface area contributed by atoms with Crippen LogP contribution in [0.1, 0.15) is 10.4 Å². The first kappa shape index (κ1) is 14.0. The van der Waals surface area contributed by atoms with Crippen LogP contribution in [-0.2, 0) is 4.79 Å². The minimum Gasteiger partial charge on any atom is -0.345 e. The van der Waals surface area contributed by atoms with E-state index in [1.54, 1.807) is 5.32 Å². The van der Waals surface area contributed by atoms with Crippen LogP contribution in [0, 0.1) is 0 Å². The summed E-state index contributed by atoms with van der Waals surface area (Å²) >= 11 is 0. The van der Waals surface area contributed by atoms with Gasteiger partial charge in [0, 0.05) is 13.2 Å². The molecular weight excluding hydrogens is 253 g/mol. The summed E-state index contributed by atoms with van der Waals surface area (Å²) in [7, 11) is 1.31. The molecule has 0 bridgehead atoms. The molecule has 0 unspecified atom stereocenters. The average molecular weight is 264 g/mol. The summed E-state index contributed by atoms with van der Waals surface area (Å²) in [5, 5.41) is 7.64. The highest BCUT2D eigenvalue weighted by Gasteiger charge is 2.28. The number of nitrogens with zero attached hydrogens (tertiary/aromatic N) is 2. The van der Waals surface area contributed by atoms with Crippen LogP contribution in [0.15, 0.2) is 12.4 Å². The fraction of sp³-hybridized carbons (Fsp3) is 0.444. The number of aromatic nitrogens is 2. The quantitative estimate of drug-likeness (QED) is 0.813.